The quantitative estimate of drug-likeness (QED) is 0.813. The summed E-state index contributed by atoms with van der Waals surface area (Å²) < 4.78 is 11.4. The third kappa shape index (κ3) is 2.07. The molecule has 0 saturated heterocycles. The van der Waals surface area contributed by atoms with E-state index in [2.05, 4.69) is 11.4 Å². The topological polar surface area (TPSA) is 30.5 Å². The van der Waals surface area contributed by atoms with Crippen molar-refractivity contribution in [3.05, 3.63) is 23.8 Å². The first-order valence-electron chi connectivity index (χ1n) is 5.41. The van der Waals surface area contributed by atoms with Crippen molar-refractivity contribution in [3.8, 4) is 11.5 Å². The van der Waals surface area contributed by atoms with E-state index in [-0.39, 0.29) is 6.10 Å². The number of hydrogen-bond donors (Lipinski definition) is 1. The molecule has 0 aliphatic carbocycles. The maximum Gasteiger partial charge on any atom is 0.164 e. The first-order chi connectivity index (χ1) is 7.35. The molecule has 1 atom stereocenters. The summed E-state index contributed by atoms with van der Waals surface area (Å²) in [5.41, 5.74) is 1.25. The Morgan fingerprint density at radius 3 is 3.13 bits per heavy atom. The lowest BCUT2D eigenvalue weighted by Gasteiger charge is -2.11. The van der Waals surface area contributed by atoms with Gasteiger partial charge in [0, 0.05) is 18.5 Å². The van der Waals surface area contributed by atoms with Gasteiger partial charge in [-0.1, -0.05) is 12.1 Å². The van der Waals surface area contributed by atoms with Crippen LogP contribution in [0.3, 0.4) is 0 Å². The highest BCUT2D eigenvalue weighted by Gasteiger charge is 2.25. The van der Waals surface area contributed by atoms with Gasteiger partial charge in [0.1, 0.15) is 6.10 Å². The zero-order chi connectivity index (χ0) is 10.7. The Labute approximate surface area is 90.4 Å². The van der Waals surface area contributed by atoms with Crippen LogP contribution in [0.4, 0.5) is 0 Å². The summed E-state index contributed by atoms with van der Waals surface area (Å²) >= 11 is 0. The van der Waals surface area contributed by atoms with Gasteiger partial charge in [0.05, 0.1) is 6.61 Å². The maximum atomic E-state index is 5.84. The fraction of sp³-hybridized carbons (Fsp3) is 0.500. The molecule has 3 heteroatoms. The molecule has 0 aromatic heterocycles. The van der Waals surface area contributed by atoms with Gasteiger partial charge in [0.15, 0.2) is 11.5 Å². The second kappa shape index (κ2) is 4.53. The van der Waals surface area contributed by atoms with Crippen molar-refractivity contribution >= 4 is 0 Å². The maximum absolute atomic E-state index is 5.84. The molecule has 1 aromatic rings. The van der Waals surface area contributed by atoms with E-state index >= 15 is 0 Å². The number of likely N-dealkylation sites (N-methyl/N-ethyl adjacent to an activating group) is 1. The summed E-state index contributed by atoms with van der Waals surface area (Å²) in [6.45, 7) is 3.54. The number of ether oxygens (including phenoxy) is 2. The molecule has 1 aromatic carbocycles. The Balaban J connectivity index is 2.17. The Kier molecular flexibility index (Phi) is 3.11. The van der Waals surface area contributed by atoms with Gasteiger partial charge in [-0.2, -0.15) is 0 Å². The first-order valence-corrected chi connectivity index (χ1v) is 5.41. The number of rotatable bonds is 4. The minimum Gasteiger partial charge on any atom is -0.490 e. The van der Waals surface area contributed by atoms with E-state index in [9.17, 15) is 0 Å². The van der Waals surface area contributed by atoms with Crippen molar-refractivity contribution in [2.75, 3.05) is 20.2 Å². The molecule has 0 radical (unpaired) electrons. The van der Waals surface area contributed by atoms with Gasteiger partial charge in [-0.25, -0.2) is 0 Å². The van der Waals surface area contributed by atoms with Gasteiger partial charge in [-0.15, -0.1) is 0 Å². The van der Waals surface area contributed by atoms with Crippen LogP contribution in [0.1, 0.15) is 12.5 Å². The molecule has 2 rings (SSSR count). The van der Waals surface area contributed by atoms with Crippen LogP contribution < -0.4 is 14.8 Å². The summed E-state index contributed by atoms with van der Waals surface area (Å²) in [6, 6.07) is 6.09. The summed E-state index contributed by atoms with van der Waals surface area (Å²) in [5.74, 6) is 1.80. The minimum atomic E-state index is 0.242. The number of hydrogen-bond acceptors (Lipinski definition) is 3. The molecule has 0 bridgehead atoms. The molecule has 0 saturated carbocycles. The Bertz CT molecular complexity index is 338. The molecule has 15 heavy (non-hydrogen) atoms. The van der Waals surface area contributed by atoms with Gasteiger partial charge in [-0.05, 0) is 20.0 Å². The van der Waals surface area contributed by atoms with Crippen molar-refractivity contribution in [2.45, 2.75) is 19.4 Å². The van der Waals surface area contributed by atoms with Crippen LogP contribution in [-0.4, -0.2) is 26.3 Å². The molecule has 82 valence electrons. The molecule has 0 amide bonds. The van der Waals surface area contributed by atoms with E-state index in [0.717, 1.165) is 24.5 Å². The zero-order valence-corrected chi connectivity index (χ0v) is 9.25. The lowest BCUT2D eigenvalue weighted by molar-refractivity contribution is 0.218. The second-order valence-electron chi connectivity index (χ2n) is 3.68. The van der Waals surface area contributed by atoms with Crippen LogP contribution in [0, 0.1) is 0 Å². The fourth-order valence-electron chi connectivity index (χ4n) is 1.92. The normalized spacial score (nSPS) is 18.4. The van der Waals surface area contributed by atoms with Crippen molar-refractivity contribution in [1.82, 2.24) is 5.32 Å². The smallest absolute Gasteiger partial charge is 0.164 e. The Hall–Kier alpha value is -1.22. The van der Waals surface area contributed by atoms with Crippen LogP contribution >= 0.6 is 0 Å². The van der Waals surface area contributed by atoms with Crippen LogP contribution in [0.15, 0.2) is 18.2 Å². The highest BCUT2D eigenvalue weighted by Crippen LogP contribution is 2.37. The highest BCUT2D eigenvalue weighted by atomic mass is 16.5. The molecule has 1 heterocycles. The monoisotopic (exact) mass is 207 g/mol. The van der Waals surface area contributed by atoms with Crippen molar-refractivity contribution < 1.29 is 9.47 Å². The molecular formula is C12H17NO2. The summed E-state index contributed by atoms with van der Waals surface area (Å²) in [6.07, 6.45) is 1.21. The third-order valence-electron chi connectivity index (χ3n) is 2.52. The molecule has 1 aliphatic heterocycles. The molecule has 1 aliphatic rings. The van der Waals surface area contributed by atoms with Crippen molar-refractivity contribution in [3.63, 3.8) is 0 Å². The zero-order valence-electron chi connectivity index (χ0n) is 9.25. The van der Waals surface area contributed by atoms with E-state index in [1.54, 1.807) is 0 Å². The number of fused-ring (bicyclic) bond motifs is 1. The largest absolute Gasteiger partial charge is 0.490 e. The fourth-order valence-corrected chi connectivity index (χ4v) is 1.92. The molecular weight excluding hydrogens is 190 g/mol. The number of para-hydroxylation sites is 1. The summed E-state index contributed by atoms with van der Waals surface area (Å²) in [5, 5.41) is 3.13. The SMILES string of the molecule is CCOc1cccc2c1OC(CNC)C2. The second-order valence-corrected chi connectivity index (χ2v) is 3.68. The van der Waals surface area contributed by atoms with E-state index < -0.39 is 0 Å². The predicted molar refractivity (Wildman–Crippen MR) is 59.7 cm³/mol. The summed E-state index contributed by atoms with van der Waals surface area (Å²) in [4.78, 5) is 0. The molecule has 1 N–H and O–H groups in total. The Morgan fingerprint density at radius 2 is 2.40 bits per heavy atom. The van der Waals surface area contributed by atoms with E-state index in [0.29, 0.717) is 6.61 Å². The van der Waals surface area contributed by atoms with Gasteiger partial charge in [0.2, 0.25) is 0 Å². The molecule has 0 fully saturated rings. The van der Waals surface area contributed by atoms with E-state index in [1.165, 1.54) is 5.56 Å². The molecule has 0 spiro atoms. The van der Waals surface area contributed by atoms with Crippen LogP contribution in [0.25, 0.3) is 0 Å². The Morgan fingerprint density at radius 1 is 1.53 bits per heavy atom. The van der Waals surface area contributed by atoms with E-state index in [1.807, 2.05) is 26.1 Å². The van der Waals surface area contributed by atoms with Crippen molar-refractivity contribution in [1.29, 1.82) is 0 Å². The standard InChI is InChI=1S/C12H17NO2/c1-3-14-11-6-4-5-9-7-10(8-13-2)15-12(9)11/h4-6,10,13H,3,7-8H2,1-2H3. The first kappa shape index (κ1) is 10.3. The lowest BCUT2D eigenvalue weighted by Crippen LogP contribution is -2.27. The van der Waals surface area contributed by atoms with Gasteiger partial charge >= 0.3 is 0 Å². The summed E-state index contributed by atoms with van der Waals surface area (Å²) in [7, 11) is 1.94. The predicted octanol–water partition coefficient (Wildman–Crippen LogP) is 1.61. The van der Waals surface area contributed by atoms with E-state index in [4.69, 9.17) is 9.47 Å². The average Bonchev–Trinajstić information content (AvgIpc) is 2.62. The minimum absolute atomic E-state index is 0.242. The van der Waals surface area contributed by atoms with Crippen molar-refractivity contribution in [2.24, 2.45) is 0 Å². The number of benzene rings is 1. The van der Waals surface area contributed by atoms with Crippen LogP contribution in [0.5, 0.6) is 11.5 Å². The van der Waals surface area contributed by atoms with Gasteiger partial charge in [0.25, 0.3) is 0 Å². The van der Waals surface area contributed by atoms with Gasteiger partial charge in [-0.3, -0.25) is 0 Å². The van der Waals surface area contributed by atoms with Crippen LogP contribution in [-0.2, 0) is 6.42 Å². The average molecular weight is 207 g/mol. The number of nitrogens with one attached hydrogen (secondary N) is 1. The van der Waals surface area contributed by atoms with Crippen LogP contribution in [0.2, 0.25) is 0 Å². The molecule has 1 unspecified atom stereocenters. The molecule has 3 nitrogen and oxygen atoms in total. The van der Waals surface area contributed by atoms with Gasteiger partial charge < -0.3 is 14.8 Å². The third-order valence-corrected chi connectivity index (χ3v) is 2.52. The lowest BCUT2D eigenvalue weighted by atomic mass is 10.1. The highest BCUT2D eigenvalue weighted by molar-refractivity contribution is 5.49.